The van der Waals surface area contributed by atoms with E-state index in [9.17, 15) is 13.2 Å². The molecule has 0 fully saturated rings. The number of sulfone groups is 1. The molecular weight excluding hydrogens is 288 g/mol. The molecule has 5 nitrogen and oxygen atoms in total. The van der Waals surface area contributed by atoms with Crippen molar-refractivity contribution in [3.63, 3.8) is 0 Å². The summed E-state index contributed by atoms with van der Waals surface area (Å²) < 4.78 is 24.0. The number of nitriles is 1. The molecule has 0 unspecified atom stereocenters. The maximum Gasteiger partial charge on any atom is 0.237 e. The van der Waals surface area contributed by atoms with Crippen LogP contribution in [0.2, 0.25) is 5.02 Å². The summed E-state index contributed by atoms with van der Waals surface area (Å²) in [6.07, 6.45) is 0.166. The van der Waals surface area contributed by atoms with Crippen LogP contribution in [0, 0.1) is 11.3 Å². The van der Waals surface area contributed by atoms with Crippen molar-refractivity contribution in [2.24, 2.45) is 0 Å². The fourth-order valence-corrected chi connectivity index (χ4v) is 2.92. The van der Waals surface area contributed by atoms with Crippen molar-refractivity contribution in [3.8, 4) is 6.07 Å². The smallest absolute Gasteiger partial charge is 0.237 e. The van der Waals surface area contributed by atoms with Gasteiger partial charge in [-0.2, -0.15) is 5.26 Å². The summed E-state index contributed by atoms with van der Waals surface area (Å²) in [5, 5.41) is 8.71. The molecule has 0 saturated carbocycles. The van der Waals surface area contributed by atoms with Crippen LogP contribution in [-0.2, 0) is 14.6 Å². The van der Waals surface area contributed by atoms with E-state index in [1.807, 2.05) is 6.07 Å². The Morgan fingerprint density at radius 1 is 1.47 bits per heavy atom. The Hall–Kier alpha value is -1.58. The number of hydrogen-bond donors (Lipinski definition) is 0. The standard InChI is InChI=1S/C12H13ClN2O3S/c1-15(7-3-6-14)12(16)9-19(17,18)11-5-2-4-10(13)8-11/h2,4-5,8H,3,7,9H2,1H3. The molecule has 0 heterocycles. The van der Waals surface area contributed by atoms with E-state index >= 15 is 0 Å². The zero-order valence-electron chi connectivity index (χ0n) is 10.3. The topological polar surface area (TPSA) is 78.2 Å². The largest absolute Gasteiger partial charge is 0.344 e. The fourth-order valence-electron chi connectivity index (χ4n) is 1.36. The van der Waals surface area contributed by atoms with Crippen LogP contribution in [0.15, 0.2) is 29.2 Å². The van der Waals surface area contributed by atoms with Gasteiger partial charge in [-0.15, -0.1) is 0 Å². The van der Waals surface area contributed by atoms with Crippen molar-refractivity contribution in [2.75, 3.05) is 19.3 Å². The summed E-state index contributed by atoms with van der Waals surface area (Å²) >= 11 is 5.72. The first-order valence-electron chi connectivity index (χ1n) is 5.46. The normalized spacial score (nSPS) is 10.8. The number of benzene rings is 1. The summed E-state index contributed by atoms with van der Waals surface area (Å²) in [6.45, 7) is 0.209. The third-order valence-corrected chi connectivity index (χ3v) is 4.29. The minimum atomic E-state index is -3.71. The second-order valence-electron chi connectivity index (χ2n) is 3.94. The van der Waals surface area contributed by atoms with Crippen LogP contribution in [0.3, 0.4) is 0 Å². The molecule has 0 N–H and O–H groups in total. The second kappa shape index (κ2) is 6.55. The van der Waals surface area contributed by atoms with E-state index in [-0.39, 0.29) is 17.9 Å². The first-order chi connectivity index (χ1) is 8.86. The van der Waals surface area contributed by atoms with Gasteiger partial charge in [0, 0.05) is 18.6 Å². The highest BCUT2D eigenvalue weighted by Crippen LogP contribution is 2.17. The molecule has 19 heavy (non-hydrogen) atoms. The molecule has 0 aliphatic heterocycles. The summed E-state index contributed by atoms with van der Waals surface area (Å²) in [6, 6.07) is 7.66. The third-order valence-electron chi connectivity index (χ3n) is 2.45. The lowest BCUT2D eigenvalue weighted by molar-refractivity contribution is -0.127. The number of halogens is 1. The molecule has 0 aliphatic rings. The first kappa shape index (κ1) is 15.5. The van der Waals surface area contributed by atoms with E-state index in [0.717, 1.165) is 0 Å². The lowest BCUT2D eigenvalue weighted by atomic mass is 10.4. The Balaban J connectivity index is 2.81. The molecule has 1 amide bonds. The van der Waals surface area contributed by atoms with Crippen molar-refractivity contribution in [2.45, 2.75) is 11.3 Å². The van der Waals surface area contributed by atoms with Crippen LogP contribution in [-0.4, -0.2) is 38.6 Å². The number of carbonyl (C=O) groups excluding carboxylic acids is 1. The zero-order chi connectivity index (χ0) is 14.5. The van der Waals surface area contributed by atoms with E-state index in [0.29, 0.717) is 5.02 Å². The van der Waals surface area contributed by atoms with Crippen molar-refractivity contribution in [1.82, 2.24) is 4.90 Å². The highest BCUT2D eigenvalue weighted by atomic mass is 35.5. The minimum absolute atomic E-state index is 0.0158. The molecule has 0 spiro atoms. The predicted molar refractivity (Wildman–Crippen MR) is 71.4 cm³/mol. The Bertz CT molecular complexity index is 608. The van der Waals surface area contributed by atoms with Gasteiger partial charge >= 0.3 is 0 Å². The maximum absolute atomic E-state index is 12.0. The van der Waals surface area contributed by atoms with Gasteiger partial charge in [-0.25, -0.2) is 8.42 Å². The van der Waals surface area contributed by atoms with Gasteiger partial charge in [-0.05, 0) is 18.2 Å². The van der Waals surface area contributed by atoms with Crippen molar-refractivity contribution < 1.29 is 13.2 Å². The molecule has 7 heteroatoms. The summed E-state index contributed by atoms with van der Waals surface area (Å²) in [7, 11) is -2.25. The molecule has 1 rings (SSSR count). The molecular formula is C12H13ClN2O3S. The predicted octanol–water partition coefficient (Wildman–Crippen LogP) is 1.49. The lowest BCUT2D eigenvalue weighted by Gasteiger charge is -2.15. The van der Waals surface area contributed by atoms with E-state index in [1.54, 1.807) is 6.07 Å². The van der Waals surface area contributed by atoms with Crippen LogP contribution >= 0.6 is 11.6 Å². The van der Waals surface area contributed by atoms with Crippen LogP contribution < -0.4 is 0 Å². The Labute approximate surface area is 117 Å². The number of nitrogens with zero attached hydrogens (tertiary/aromatic N) is 2. The van der Waals surface area contributed by atoms with Gasteiger partial charge in [0.05, 0.1) is 17.4 Å². The lowest BCUT2D eigenvalue weighted by Crippen LogP contribution is -2.33. The van der Waals surface area contributed by atoms with Gasteiger partial charge < -0.3 is 4.90 Å². The van der Waals surface area contributed by atoms with E-state index < -0.39 is 21.5 Å². The summed E-state index contributed by atoms with van der Waals surface area (Å²) in [5.41, 5.74) is 0. The van der Waals surface area contributed by atoms with E-state index in [4.69, 9.17) is 16.9 Å². The number of hydrogen-bond acceptors (Lipinski definition) is 4. The van der Waals surface area contributed by atoms with Crippen LogP contribution in [0.4, 0.5) is 0 Å². The molecule has 102 valence electrons. The van der Waals surface area contributed by atoms with Crippen LogP contribution in [0.25, 0.3) is 0 Å². The van der Waals surface area contributed by atoms with Gasteiger partial charge in [0.15, 0.2) is 9.84 Å². The molecule has 1 aromatic rings. The molecule has 0 saturated heterocycles. The van der Waals surface area contributed by atoms with E-state index in [2.05, 4.69) is 0 Å². The first-order valence-corrected chi connectivity index (χ1v) is 7.49. The average Bonchev–Trinajstić information content (AvgIpc) is 2.35. The van der Waals surface area contributed by atoms with Crippen molar-refractivity contribution in [1.29, 1.82) is 5.26 Å². The Morgan fingerprint density at radius 3 is 2.74 bits per heavy atom. The van der Waals surface area contributed by atoms with Gasteiger partial charge in [-0.1, -0.05) is 17.7 Å². The SMILES string of the molecule is CN(CCC#N)C(=O)CS(=O)(=O)c1cccc(Cl)c1. The van der Waals surface area contributed by atoms with Crippen LogP contribution in [0.5, 0.6) is 0 Å². The van der Waals surface area contributed by atoms with E-state index in [1.165, 1.54) is 30.1 Å². The second-order valence-corrected chi connectivity index (χ2v) is 6.37. The minimum Gasteiger partial charge on any atom is -0.344 e. The molecule has 0 aliphatic carbocycles. The van der Waals surface area contributed by atoms with Crippen molar-refractivity contribution >= 4 is 27.3 Å². The number of rotatable bonds is 5. The molecule has 0 atom stereocenters. The monoisotopic (exact) mass is 300 g/mol. The highest BCUT2D eigenvalue weighted by Gasteiger charge is 2.21. The van der Waals surface area contributed by atoms with Crippen LogP contribution in [0.1, 0.15) is 6.42 Å². The third kappa shape index (κ3) is 4.54. The molecule has 0 aromatic heterocycles. The number of carbonyl (C=O) groups is 1. The molecule has 0 radical (unpaired) electrons. The maximum atomic E-state index is 12.0. The number of amides is 1. The summed E-state index contributed by atoms with van der Waals surface area (Å²) in [4.78, 5) is 13.0. The van der Waals surface area contributed by atoms with Crippen molar-refractivity contribution in [3.05, 3.63) is 29.3 Å². The average molecular weight is 301 g/mol. The van der Waals surface area contributed by atoms with Gasteiger partial charge in [0.2, 0.25) is 5.91 Å². The Kier molecular flexibility index (Phi) is 5.33. The summed E-state index contributed by atoms with van der Waals surface area (Å²) in [5.74, 6) is -1.18. The highest BCUT2D eigenvalue weighted by molar-refractivity contribution is 7.92. The zero-order valence-corrected chi connectivity index (χ0v) is 11.9. The van der Waals surface area contributed by atoms with Gasteiger partial charge in [0.1, 0.15) is 5.75 Å². The molecule has 1 aromatic carbocycles. The van der Waals surface area contributed by atoms with Gasteiger partial charge in [-0.3, -0.25) is 4.79 Å². The molecule has 0 bridgehead atoms. The quantitative estimate of drug-likeness (QED) is 0.825. The Morgan fingerprint density at radius 2 is 2.16 bits per heavy atom. The van der Waals surface area contributed by atoms with Gasteiger partial charge in [0.25, 0.3) is 0 Å². The fraction of sp³-hybridized carbons (Fsp3) is 0.333.